The molecule has 0 spiro atoms. The highest BCUT2D eigenvalue weighted by Crippen LogP contribution is 2.30. The highest BCUT2D eigenvalue weighted by atomic mass is 14.9. The van der Waals surface area contributed by atoms with Crippen molar-refractivity contribution in [1.29, 1.82) is 0 Å². The zero-order valence-corrected chi connectivity index (χ0v) is 6.64. The normalized spacial score (nSPS) is 28.9. The van der Waals surface area contributed by atoms with Crippen LogP contribution in [0.2, 0.25) is 0 Å². The molecular formula is C10H13N. The molecule has 1 heteroatoms. The van der Waals surface area contributed by atoms with Crippen molar-refractivity contribution in [2.75, 3.05) is 6.54 Å². The molecule has 2 rings (SSSR count). The van der Waals surface area contributed by atoms with E-state index in [1.807, 2.05) is 0 Å². The minimum Gasteiger partial charge on any atom is -0.385 e. The molecule has 0 bridgehead atoms. The Morgan fingerprint density at radius 1 is 1.55 bits per heavy atom. The van der Waals surface area contributed by atoms with E-state index >= 15 is 0 Å². The summed E-state index contributed by atoms with van der Waals surface area (Å²) < 4.78 is 0. The van der Waals surface area contributed by atoms with Crippen LogP contribution in [0.3, 0.4) is 0 Å². The predicted molar refractivity (Wildman–Crippen MR) is 47.1 cm³/mol. The van der Waals surface area contributed by atoms with Crippen molar-refractivity contribution in [3.05, 3.63) is 36.1 Å². The summed E-state index contributed by atoms with van der Waals surface area (Å²) in [4.78, 5) is 0. The molecule has 1 unspecified atom stereocenters. The topological polar surface area (TPSA) is 12.0 Å². The van der Waals surface area contributed by atoms with Gasteiger partial charge in [0.25, 0.3) is 0 Å². The van der Waals surface area contributed by atoms with Crippen LogP contribution >= 0.6 is 0 Å². The van der Waals surface area contributed by atoms with Gasteiger partial charge in [0, 0.05) is 12.2 Å². The van der Waals surface area contributed by atoms with E-state index in [-0.39, 0.29) is 0 Å². The van der Waals surface area contributed by atoms with Gasteiger partial charge in [-0.05, 0) is 24.3 Å². The minimum atomic E-state index is 0.744. The molecule has 0 radical (unpaired) electrons. The van der Waals surface area contributed by atoms with E-state index in [1.54, 1.807) is 0 Å². The van der Waals surface area contributed by atoms with Gasteiger partial charge in [0.15, 0.2) is 0 Å². The van der Waals surface area contributed by atoms with E-state index < -0.39 is 0 Å². The molecule has 2 aliphatic rings. The smallest absolute Gasteiger partial charge is 0.0302 e. The van der Waals surface area contributed by atoms with Crippen LogP contribution < -0.4 is 5.32 Å². The van der Waals surface area contributed by atoms with Crippen LogP contribution in [0.25, 0.3) is 0 Å². The van der Waals surface area contributed by atoms with Crippen LogP contribution in [0.1, 0.15) is 12.8 Å². The van der Waals surface area contributed by atoms with E-state index in [0.717, 1.165) is 18.2 Å². The fraction of sp³-hybridized carbons (Fsp3) is 0.400. The standard InChI is InChI=1S/C10H13N/c1-8-10-5-3-2-4-9(10)6-7-11-8/h2-3,5,9,11H,1,4,6-7H2. The first-order chi connectivity index (χ1) is 5.38. The first-order valence-corrected chi connectivity index (χ1v) is 4.18. The SMILES string of the molecule is C=C1NCCC2CC=CC=C12. The number of hydrogen-bond donors (Lipinski definition) is 1. The Hall–Kier alpha value is -0.980. The molecule has 11 heavy (non-hydrogen) atoms. The molecule has 1 aliphatic carbocycles. The monoisotopic (exact) mass is 147 g/mol. The average Bonchev–Trinajstić information content (AvgIpc) is 2.06. The highest BCUT2D eigenvalue weighted by molar-refractivity contribution is 5.37. The quantitative estimate of drug-likeness (QED) is 0.552. The third kappa shape index (κ3) is 1.11. The Morgan fingerprint density at radius 2 is 2.45 bits per heavy atom. The Bertz CT molecular complexity index is 235. The van der Waals surface area contributed by atoms with Crippen molar-refractivity contribution < 1.29 is 0 Å². The van der Waals surface area contributed by atoms with Gasteiger partial charge in [0.1, 0.15) is 0 Å². The Balaban J connectivity index is 2.27. The highest BCUT2D eigenvalue weighted by Gasteiger charge is 2.20. The number of allylic oxidation sites excluding steroid dienone is 4. The molecule has 1 saturated heterocycles. The second kappa shape index (κ2) is 2.57. The van der Waals surface area contributed by atoms with Crippen LogP contribution in [0, 0.1) is 5.92 Å². The van der Waals surface area contributed by atoms with Gasteiger partial charge < -0.3 is 5.32 Å². The molecule has 1 atom stereocenters. The summed E-state index contributed by atoms with van der Waals surface area (Å²) in [6, 6.07) is 0. The summed E-state index contributed by atoms with van der Waals surface area (Å²) in [7, 11) is 0. The third-order valence-electron chi connectivity index (χ3n) is 2.45. The fourth-order valence-corrected chi connectivity index (χ4v) is 1.80. The van der Waals surface area contributed by atoms with Crippen molar-refractivity contribution in [3.8, 4) is 0 Å². The predicted octanol–water partition coefficient (Wildman–Crippen LogP) is 2.00. The average molecular weight is 147 g/mol. The van der Waals surface area contributed by atoms with Gasteiger partial charge in [-0.3, -0.25) is 0 Å². The summed E-state index contributed by atoms with van der Waals surface area (Å²) in [6.07, 6.45) is 9.02. The lowest BCUT2D eigenvalue weighted by Crippen LogP contribution is -2.28. The Labute approximate surface area is 67.5 Å². The number of hydrogen-bond acceptors (Lipinski definition) is 1. The minimum absolute atomic E-state index is 0.744. The zero-order valence-electron chi connectivity index (χ0n) is 6.64. The number of fused-ring (bicyclic) bond motifs is 1. The Morgan fingerprint density at radius 3 is 3.27 bits per heavy atom. The van der Waals surface area contributed by atoms with Gasteiger partial charge in [-0.25, -0.2) is 0 Å². The van der Waals surface area contributed by atoms with Crippen LogP contribution in [0.5, 0.6) is 0 Å². The fourth-order valence-electron chi connectivity index (χ4n) is 1.80. The van der Waals surface area contributed by atoms with Crippen LogP contribution in [0.15, 0.2) is 36.1 Å². The van der Waals surface area contributed by atoms with E-state index in [0.29, 0.717) is 0 Å². The molecule has 1 aliphatic heterocycles. The molecular weight excluding hydrogens is 134 g/mol. The second-order valence-corrected chi connectivity index (χ2v) is 3.18. The van der Waals surface area contributed by atoms with Crippen molar-refractivity contribution in [1.82, 2.24) is 5.32 Å². The molecule has 0 aromatic heterocycles. The van der Waals surface area contributed by atoms with Crippen molar-refractivity contribution in [3.63, 3.8) is 0 Å². The van der Waals surface area contributed by atoms with Gasteiger partial charge >= 0.3 is 0 Å². The maximum absolute atomic E-state index is 3.99. The van der Waals surface area contributed by atoms with Gasteiger partial charge in [0.2, 0.25) is 0 Å². The van der Waals surface area contributed by atoms with Crippen LogP contribution in [-0.2, 0) is 0 Å². The number of nitrogens with one attached hydrogen (secondary N) is 1. The first kappa shape index (κ1) is 6.71. The van der Waals surface area contributed by atoms with Crippen molar-refractivity contribution >= 4 is 0 Å². The second-order valence-electron chi connectivity index (χ2n) is 3.18. The number of piperidine rings is 1. The molecule has 0 aromatic carbocycles. The molecule has 0 saturated carbocycles. The molecule has 1 heterocycles. The molecule has 1 N–H and O–H groups in total. The molecule has 0 aromatic rings. The lowest BCUT2D eigenvalue weighted by atomic mass is 9.85. The molecule has 58 valence electrons. The van der Waals surface area contributed by atoms with E-state index in [9.17, 15) is 0 Å². The lowest BCUT2D eigenvalue weighted by molar-refractivity contribution is 0.504. The molecule has 0 amide bonds. The summed E-state index contributed by atoms with van der Waals surface area (Å²) in [6.45, 7) is 5.08. The number of rotatable bonds is 0. The van der Waals surface area contributed by atoms with Crippen LogP contribution in [-0.4, -0.2) is 6.54 Å². The largest absolute Gasteiger partial charge is 0.385 e. The summed E-state index contributed by atoms with van der Waals surface area (Å²) in [5.74, 6) is 0.744. The first-order valence-electron chi connectivity index (χ1n) is 4.18. The zero-order chi connectivity index (χ0) is 7.68. The Kier molecular flexibility index (Phi) is 1.57. The lowest BCUT2D eigenvalue weighted by Gasteiger charge is -2.29. The maximum Gasteiger partial charge on any atom is 0.0302 e. The van der Waals surface area contributed by atoms with Crippen molar-refractivity contribution in [2.45, 2.75) is 12.8 Å². The molecule has 1 nitrogen and oxygen atoms in total. The molecule has 1 fully saturated rings. The maximum atomic E-state index is 3.99. The van der Waals surface area contributed by atoms with E-state index in [4.69, 9.17) is 0 Å². The van der Waals surface area contributed by atoms with E-state index in [2.05, 4.69) is 30.1 Å². The van der Waals surface area contributed by atoms with Gasteiger partial charge in [-0.1, -0.05) is 24.8 Å². The van der Waals surface area contributed by atoms with Crippen molar-refractivity contribution in [2.24, 2.45) is 5.92 Å². The van der Waals surface area contributed by atoms with Gasteiger partial charge in [0.05, 0.1) is 0 Å². The van der Waals surface area contributed by atoms with Gasteiger partial charge in [-0.15, -0.1) is 0 Å². The third-order valence-corrected chi connectivity index (χ3v) is 2.45. The van der Waals surface area contributed by atoms with E-state index in [1.165, 1.54) is 18.4 Å². The van der Waals surface area contributed by atoms with Gasteiger partial charge in [-0.2, -0.15) is 0 Å². The summed E-state index contributed by atoms with van der Waals surface area (Å²) >= 11 is 0. The van der Waals surface area contributed by atoms with Crippen LogP contribution in [0.4, 0.5) is 0 Å². The summed E-state index contributed by atoms with van der Waals surface area (Å²) in [5.41, 5.74) is 2.55. The summed E-state index contributed by atoms with van der Waals surface area (Å²) in [5, 5.41) is 3.28.